The summed E-state index contributed by atoms with van der Waals surface area (Å²) in [4.78, 5) is 0. The van der Waals surface area contributed by atoms with Crippen LogP contribution < -0.4 is 4.74 Å². The number of aliphatic hydroxyl groups excluding tert-OH is 1. The lowest BCUT2D eigenvalue weighted by atomic mass is 9.95. The molecule has 0 amide bonds. The van der Waals surface area contributed by atoms with Crippen LogP contribution in [0, 0.1) is 11.7 Å². The summed E-state index contributed by atoms with van der Waals surface area (Å²) < 4.78 is 18.0. The molecule has 0 saturated carbocycles. The van der Waals surface area contributed by atoms with Crippen molar-refractivity contribution >= 4 is 0 Å². The van der Waals surface area contributed by atoms with Crippen molar-refractivity contribution in [3.05, 3.63) is 29.6 Å². The highest BCUT2D eigenvalue weighted by Gasteiger charge is 2.16. The van der Waals surface area contributed by atoms with E-state index in [0.717, 1.165) is 6.42 Å². The van der Waals surface area contributed by atoms with Crippen molar-refractivity contribution < 1.29 is 14.2 Å². The zero-order valence-electron chi connectivity index (χ0n) is 9.33. The average molecular weight is 212 g/mol. The Labute approximate surface area is 89.7 Å². The number of benzene rings is 1. The maximum Gasteiger partial charge on any atom is 0.165 e. The van der Waals surface area contributed by atoms with Crippen LogP contribution in [-0.4, -0.2) is 12.2 Å². The average Bonchev–Trinajstić information content (AvgIpc) is 2.27. The molecule has 0 saturated heterocycles. The minimum atomic E-state index is -0.565. The normalized spacial score (nSPS) is 14.7. The molecule has 1 aromatic carbocycles. The third kappa shape index (κ3) is 2.69. The zero-order chi connectivity index (χ0) is 11.4. The predicted octanol–water partition coefficient (Wildman–Crippen LogP) is 2.91. The fraction of sp³-hybridized carbons (Fsp3) is 0.500. The van der Waals surface area contributed by atoms with Gasteiger partial charge in [0.25, 0.3) is 0 Å². The van der Waals surface area contributed by atoms with Crippen molar-refractivity contribution in [3.8, 4) is 5.75 Å². The number of hydrogen-bond donors (Lipinski definition) is 1. The first kappa shape index (κ1) is 12.0. The van der Waals surface area contributed by atoms with E-state index in [-0.39, 0.29) is 11.7 Å². The number of halogens is 1. The van der Waals surface area contributed by atoms with Gasteiger partial charge in [-0.25, -0.2) is 4.39 Å². The number of aliphatic hydroxyl groups is 1. The summed E-state index contributed by atoms with van der Waals surface area (Å²) in [5, 5.41) is 9.92. The molecule has 0 spiro atoms. The predicted molar refractivity (Wildman–Crippen MR) is 57.4 cm³/mol. The molecule has 0 bridgehead atoms. The van der Waals surface area contributed by atoms with E-state index in [4.69, 9.17) is 4.74 Å². The number of methoxy groups -OCH3 is 1. The molecule has 0 fully saturated rings. The molecule has 0 aromatic heterocycles. The first-order valence-corrected chi connectivity index (χ1v) is 5.11. The number of ether oxygens (including phenoxy) is 1. The van der Waals surface area contributed by atoms with Gasteiger partial charge in [0.15, 0.2) is 11.6 Å². The molecule has 2 unspecified atom stereocenters. The SMILES string of the molecule is CCC(C)C(O)c1ccc(F)c(OC)c1. The van der Waals surface area contributed by atoms with Gasteiger partial charge < -0.3 is 9.84 Å². The van der Waals surface area contributed by atoms with Crippen LogP contribution in [0.3, 0.4) is 0 Å². The second-order valence-electron chi connectivity index (χ2n) is 3.72. The van der Waals surface area contributed by atoms with Crippen LogP contribution >= 0.6 is 0 Å². The molecule has 1 N–H and O–H groups in total. The van der Waals surface area contributed by atoms with Gasteiger partial charge in [-0.1, -0.05) is 26.3 Å². The third-order valence-corrected chi connectivity index (χ3v) is 2.70. The molecular weight excluding hydrogens is 195 g/mol. The molecule has 2 nitrogen and oxygen atoms in total. The van der Waals surface area contributed by atoms with Crippen LogP contribution in [0.1, 0.15) is 31.9 Å². The Morgan fingerprint density at radius 2 is 2.13 bits per heavy atom. The minimum absolute atomic E-state index is 0.153. The van der Waals surface area contributed by atoms with E-state index in [2.05, 4.69) is 0 Å². The fourth-order valence-electron chi connectivity index (χ4n) is 1.41. The first-order chi connectivity index (χ1) is 7.10. The lowest BCUT2D eigenvalue weighted by molar-refractivity contribution is 0.115. The first-order valence-electron chi connectivity index (χ1n) is 5.11. The molecule has 3 heteroatoms. The van der Waals surface area contributed by atoms with Gasteiger partial charge in [-0.15, -0.1) is 0 Å². The van der Waals surface area contributed by atoms with Crippen molar-refractivity contribution in [1.29, 1.82) is 0 Å². The van der Waals surface area contributed by atoms with Gasteiger partial charge in [0.1, 0.15) is 0 Å². The Hall–Kier alpha value is -1.09. The molecule has 0 radical (unpaired) electrons. The summed E-state index contributed by atoms with van der Waals surface area (Å²) in [7, 11) is 1.41. The quantitative estimate of drug-likeness (QED) is 0.831. The molecule has 0 aliphatic rings. The van der Waals surface area contributed by atoms with Crippen LogP contribution in [0.2, 0.25) is 0 Å². The van der Waals surface area contributed by atoms with E-state index in [1.54, 1.807) is 12.1 Å². The Balaban J connectivity index is 2.95. The van der Waals surface area contributed by atoms with Gasteiger partial charge in [0.2, 0.25) is 0 Å². The summed E-state index contributed by atoms with van der Waals surface area (Å²) in [5.41, 5.74) is 0.697. The topological polar surface area (TPSA) is 29.5 Å². The Bertz CT molecular complexity index is 325. The third-order valence-electron chi connectivity index (χ3n) is 2.70. The summed E-state index contributed by atoms with van der Waals surface area (Å²) in [6.45, 7) is 3.97. The molecule has 84 valence electrons. The molecule has 0 heterocycles. The van der Waals surface area contributed by atoms with E-state index in [9.17, 15) is 9.50 Å². The molecule has 15 heavy (non-hydrogen) atoms. The maximum absolute atomic E-state index is 13.1. The van der Waals surface area contributed by atoms with E-state index in [1.807, 2.05) is 13.8 Å². The van der Waals surface area contributed by atoms with Gasteiger partial charge in [0.05, 0.1) is 13.2 Å². The maximum atomic E-state index is 13.1. The molecule has 1 aromatic rings. The molecule has 1 rings (SSSR count). The monoisotopic (exact) mass is 212 g/mol. The summed E-state index contributed by atoms with van der Waals surface area (Å²) in [6, 6.07) is 4.46. The second-order valence-corrected chi connectivity index (χ2v) is 3.72. The van der Waals surface area contributed by atoms with E-state index in [1.165, 1.54) is 13.2 Å². The summed E-state index contributed by atoms with van der Waals surface area (Å²) in [5.74, 6) is -0.0763. The van der Waals surface area contributed by atoms with Crippen molar-refractivity contribution in [2.75, 3.05) is 7.11 Å². The van der Waals surface area contributed by atoms with Gasteiger partial charge >= 0.3 is 0 Å². The minimum Gasteiger partial charge on any atom is -0.494 e. The van der Waals surface area contributed by atoms with E-state index < -0.39 is 11.9 Å². The highest BCUT2D eigenvalue weighted by molar-refractivity contribution is 5.31. The van der Waals surface area contributed by atoms with Crippen molar-refractivity contribution in [3.63, 3.8) is 0 Å². The van der Waals surface area contributed by atoms with Crippen molar-refractivity contribution in [2.24, 2.45) is 5.92 Å². The number of hydrogen-bond acceptors (Lipinski definition) is 2. The van der Waals surface area contributed by atoms with Crippen LogP contribution in [-0.2, 0) is 0 Å². The Morgan fingerprint density at radius 3 is 2.67 bits per heavy atom. The molecule has 0 aliphatic carbocycles. The van der Waals surface area contributed by atoms with Crippen LogP contribution in [0.5, 0.6) is 5.75 Å². The van der Waals surface area contributed by atoms with E-state index >= 15 is 0 Å². The fourth-order valence-corrected chi connectivity index (χ4v) is 1.41. The molecule has 0 aliphatic heterocycles. The lowest BCUT2D eigenvalue weighted by Crippen LogP contribution is -2.08. The highest BCUT2D eigenvalue weighted by atomic mass is 19.1. The van der Waals surface area contributed by atoms with Crippen LogP contribution in [0.15, 0.2) is 18.2 Å². The number of rotatable bonds is 4. The van der Waals surface area contributed by atoms with Crippen molar-refractivity contribution in [1.82, 2.24) is 0 Å². The van der Waals surface area contributed by atoms with E-state index in [0.29, 0.717) is 5.56 Å². The highest BCUT2D eigenvalue weighted by Crippen LogP contribution is 2.28. The summed E-state index contributed by atoms with van der Waals surface area (Å²) >= 11 is 0. The Kier molecular flexibility index (Phi) is 4.09. The van der Waals surface area contributed by atoms with Gasteiger partial charge in [-0.3, -0.25) is 0 Å². The smallest absolute Gasteiger partial charge is 0.165 e. The van der Waals surface area contributed by atoms with Crippen molar-refractivity contribution in [2.45, 2.75) is 26.4 Å². The van der Waals surface area contributed by atoms with Gasteiger partial charge in [0, 0.05) is 0 Å². The second kappa shape index (κ2) is 5.12. The van der Waals surface area contributed by atoms with Crippen LogP contribution in [0.4, 0.5) is 4.39 Å². The Morgan fingerprint density at radius 1 is 1.47 bits per heavy atom. The van der Waals surface area contributed by atoms with Gasteiger partial charge in [-0.2, -0.15) is 0 Å². The molecular formula is C12H17FO2. The van der Waals surface area contributed by atoms with Gasteiger partial charge in [-0.05, 0) is 23.6 Å². The zero-order valence-corrected chi connectivity index (χ0v) is 9.33. The molecule has 2 atom stereocenters. The standard InChI is InChI=1S/C12H17FO2/c1-4-8(2)12(14)9-5-6-10(13)11(7-9)15-3/h5-8,12,14H,4H2,1-3H3. The summed E-state index contributed by atoms with van der Waals surface area (Å²) in [6.07, 6.45) is 0.311. The van der Waals surface area contributed by atoms with Crippen LogP contribution in [0.25, 0.3) is 0 Å². The largest absolute Gasteiger partial charge is 0.494 e. The lowest BCUT2D eigenvalue weighted by Gasteiger charge is -2.18.